The molecule has 11 heteroatoms. The van der Waals surface area contributed by atoms with Gasteiger partial charge in [-0.3, -0.25) is 9.48 Å². The molecule has 0 saturated heterocycles. The summed E-state index contributed by atoms with van der Waals surface area (Å²) < 4.78 is 57.1. The van der Waals surface area contributed by atoms with Crippen molar-refractivity contribution in [2.24, 2.45) is 0 Å². The Morgan fingerprint density at radius 1 is 1.15 bits per heavy atom. The van der Waals surface area contributed by atoms with Gasteiger partial charge in [0.05, 0.1) is 23.6 Å². The highest BCUT2D eigenvalue weighted by Crippen LogP contribution is 2.41. The Bertz CT molecular complexity index is 1420. The minimum Gasteiger partial charge on any atom is -0.317 e. The van der Waals surface area contributed by atoms with E-state index in [0.717, 1.165) is 18.9 Å². The van der Waals surface area contributed by atoms with Gasteiger partial charge in [-0.1, -0.05) is 18.2 Å². The first kappa shape index (κ1) is 22.1. The number of halogens is 4. The van der Waals surface area contributed by atoms with E-state index < -0.39 is 17.8 Å². The monoisotopic (exact) mass is 472 g/mol. The molecule has 1 fully saturated rings. The zero-order valence-electron chi connectivity index (χ0n) is 18.3. The molecule has 1 saturated carbocycles. The summed E-state index contributed by atoms with van der Waals surface area (Å²) in [6.45, 7) is 3.55. The summed E-state index contributed by atoms with van der Waals surface area (Å²) in [5.74, 6) is -1.06. The zero-order valence-corrected chi connectivity index (χ0v) is 18.3. The van der Waals surface area contributed by atoms with Gasteiger partial charge in [0.15, 0.2) is 11.3 Å². The number of amides is 1. The summed E-state index contributed by atoms with van der Waals surface area (Å²) >= 11 is 0. The number of anilines is 1. The fourth-order valence-electron chi connectivity index (χ4n) is 3.89. The van der Waals surface area contributed by atoms with E-state index in [4.69, 9.17) is 0 Å². The molecule has 3 aromatic heterocycles. The van der Waals surface area contributed by atoms with Crippen LogP contribution in [-0.4, -0.2) is 30.3 Å². The van der Waals surface area contributed by atoms with Crippen molar-refractivity contribution in [3.63, 3.8) is 0 Å². The highest BCUT2D eigenvalue weighted by atomic mass is 19.4. The maximum absolute atomic E-state index is 14.0. The number of aryl methyl sites for hydroxylation is 1. The molecular formula is C23H20F4N6O. The standard InChI is InChI=1S/C23H20F4N6O/c1-12-21(13(2)32(30-12)11-15-5-3-4-6-16(15)24)29-22(34)18-10-20-28-17(14-7-8-14)9-19(23(25,26)27)33(20)31-18/h3-6,9-10,14H,7-8,11H2,1-2H3,(H,29,34). The molecule has 7 nitrogen and oxygen atoms in total. The van der Waals surface area contributed by atoms with Crippen molar-refractivity contribution >= 4 is 17.2 Å². The number of rotatable bonds is 5. The fourth-order valence-corrected chi connectivity index (χ4v) is 3.89. The van der Waals surface area contributed by atoms with E-state index in [0.29, 0.717) is 32.8 Å². The van der Waals surface area contributed by atoms with Gasteiger partial charge in [-0.05, 0) is 38.8 Å². The Balaban J connectivity index is 1.45. The van der Waals surface area contributed by atoms with Crippen molar-refractivity contribution in [3.05, 3.63) is 76.2 Å². The van der Waals surface area contributed by atoms with Crippen LogP contribution in [0.3, 0.4) is 0 Å². The molecule has 0 spiro atoms. The highest BCUT2D eigenvalue weighted by Gasteiger charge is 2.37. The number of alkyl halides is 3. The number of carbonyl (C=O) groups is 1. The van der Waals surface area contributed by atoms with E-state index in [1.54, 1.807) is 36.7 Å². The summed E-state index contributed by atoms with van der Waals surface area (Å²) in [5.41, 5.74) is 1.03. The highest BCUT2D eigenvalue weighted by molar-refractivity contribution is 6.04. The van der Waals surface area contributed by atoms with E-state index in [9.17, 15) is 22.4 Å². The van der Waals surface area contributed by atoms with Crippen LogP contribution >= 0.6 is 0 Å². The molecule has 5 rings (SSSR count). The van der Waals surface area contributed by atoms with E-state index >= 15 is 0 Å². The van der Waals surface area contributed by atoms with E-state index in [1.807, 2.05) is 0 Å². The van der Waals surface area contributed by atoms with Gasteiger partial charge in [0.2, 0.25) is 0 Å². The molecule has 1 aromatic carbocycles. The Morgan fingerprint density at radius 2 is 1.88 bits per heavy atom. The number of fused-ring (bicyclic) bond motifs is 1. The van der Waals surface area contributed by atoms with Gasteiger partial charge in [-0.2, -0.15) is 23.4 Å². The van der Waals surface area contributed by atoms with Crippen LogP contribution in [-0.2, 0) is 12.7 Å². The first-order valence-corrected chi connectivity index (χ1v) is 10.7. The molecule has 176 valence electrons. The van der Waals surface area contributed by atoms with E-state index in [-0.39, 0.29) is 29.6 Å². The summed E-state index contributed by atoms with van der Waals surface area (Å²) in [6, 6.07) is 8.54. The predicted octanol–water partition coefficient (Wildman–Crippen LogP) is 4.88. The van der Waals surface area contributed by atoms with Crippen molar-refractivity contribution in [1.82, 2.24) is 24.4 Å². The molecule has 0 radical (unpaired) electrons. The second-order valence-electron chi connectivity index (χ2n) is 8.39. The molecule has 3 heterocycles. The number of nitrogens with zero attached hydrogens (tertiary/aromatic N) is 5. The molecule has 34 heavy (non-hydrogen) atoms. The predicted molar refractivity (Wildman–Crippen MR) is 115 cm³/mol. The van der Waals surface area contributed by atoms with Gasteiger partial charge in [0.1, 0.15) is 11.5 Å². The number of nitrogens with one attached hydrogen (secondary N) is 1. The smallest absolute Gasteiger partial charge is 0.317 e. The molecule has 0 bridgehead atoms. The summed E-state index contributed by atoms with van der Waals surface area (Å²) in [6.07, 6.45) is -3.07. The molecule has 1 amide bonds. The zero-order chi connectivity index (χ0) is 24.2. The minimum atomic E-state index is -4.65. The van der Waals surface area contributed by atoms with E-state index in [1.165, 1.54) is 12.1 Å². The second kappa shape index (κ2) is 7.93. The van der Waals surface area contributed by atoms with Crippen LogP contribution < -0.4 is 5.32 Å². The number of hydrogen-bond donors (Lipinski definition) is 1. The minimum absolute atomic E-state index is 0.00358. The van der Waals surface area contributed by atoms with Crippen LogP contribution in [0.15, 0.2) is 36.4 Å². The van der Waals surface area contributed by atoms with Gasteiger partial charge in [-0.15, -0.1) is 0 Å². The molecule has 1 N–H and O–H groups in total. The lowest BCUT2D eigenvalue weighted by Crippen LogP contribution is -2.16. The van der Waals surface area contributed by atoms with Crippen molar-refractivity contribution < 1.29 is 22.4 Å². The third-order valence-electron chi connectivity index (χ3n) is 5.86. The van der Waals surface area contributed by atoms with Gasteiger partial charge >= 0.3 is 6.18 Å². The molecule has 1 aliphatic carbocycles. The fraction of sp³-hybridized carbons (Fsp3) is 0.304. The molecular weight excluding hydrogens is 452 g/mol. The molecule has 4 aromatic rings. The lowest BCUT2D eigenvalue weighted by atomic mass is 10.2. The summed E-state index contributed by atoms with van der Waals surface area (Å²) in [7, 11) is 0. The average Bonchev–Trinajstić information content (AvgIpc) is 3.49. The number of carbonyl (C=O) groups excluding carboxylic acids is 1. The Labute approximate surface area is 191 Å². The van der Waals surface area contributed by atoms with Crippen LogP contribution in [0.25, 0.3) is 5.65 Å². The average molecular weight is 472 g/mol. The number of benzene rings is 1. The summed E-state index contributed by atoms with van der Waals surface area (Å²) in [5, 5.41) is 10.9. The number of hydrogen-bond acceptors (Lipinski definition) is 4. The molecule has 1 aliphatic rings. The van der Waals surface area contributed by atoms with Gasteiger partial charge in [0, 0.05) is 23.2 Å². The van der Waals surface area contributed by atoms with Crippen LogP contribution in [0.5, 0.6) is 0 Å². The lowest BCUT2D eigenvalue weighted by Gasteiger charge is -2.10. The van der Waals surface area contributed by atoms with Crippen LogP contribution in [0.4, 0.5) is 23.2 Å². The Morgan fingerprint density at radius 3 is 2.56 bits per heavy atom. The van der Waals surface area contributed by atoms with E-state index in [2.05, 4.69) is 20.5 Å². The first-order valence-electron chi connectivity index (χ1n) is 10.7. The maximum atomic E-state index is 14.0. The third-order valence-corrected chi connectivity index (χ3v) is 5.86. The first-order chi connectivity index (χ1) is 16.1. The maximum Gasteiger partial charge on any atom is 0.433 e. The van der Waals surface area contributed by atoms with Crippen molar-refractivity contribution in [3.8, 4) is 0 Å². The van der Waals surface area contributed by atoms with Gasteiger partial charge in [-0.25, -0.2) is 13.9 Å². The topological polar surface area (TPSA) is 77.1 Å². The largest absolute Gasteiger partial charge is 0.433 e. The SMILES string of the molecule is Cc1nn(Cc2ccccc2F)c(C)c1NC(=O)c1cc2nc(C3CC3)cc(C(F)(F)F)n2n1. The van der Waals surface area contributed by atoms with Crippen molar-refractivity contribution in [2.75, 3.05) is 5.32 Å². The third kappa shape index (κ3) is 4.02. The van der Waals surface area contributed by atoms with Gasteiger partial charge in [0.25, 0.3) is 5.91 Å². The summed E-state index contributed by atoms with van der Waals surface area (Å²) in [4.78, 5) is 17.2. The molecule has 0 atom stereocenters. The second-order valence-corrected chi connectivity index (χ2v) is 8.39. The normalized spacial score (nSPS) is 14.1. The van der Waals surface area contributed by atoms with Crippen LogP contribution in [0, 0.1) is 19.7 Å². The quantitative estimate of drug-likeness (QED) is 0.420. The Kier molecular flexibility index (Phi) is 5.14. The number of aromatic nitrogens is 5. The van der Waals surface area contributed by atoms with Crippen LogP contribution in [0.2, 0.25) is 0 Å². The van der Waals surface area contributed by atoms with Gasteiger partial charge < -0.3 is 5.32 Å². The lowest BCUT2D eigenvalue weighted by molar-refractivity contribution is -0.142. The molecule has 0 unspecified atom stereocenters. The van der Waals surface area contributed by atoms with Crippen LogP contribution in [0.1, 0.15) is 57.6 Å². The molecule has 0 aliphatic heterocycles. The van der Waals surface area contributed by atoms with Crippen molar-refractivity contribution in [2.45, 2.75) is 45.3 Å². The van der Waals surface area contributed by atoms with Crippen molar-refractivity contribution in [1.29, 1.82) is 0 Å². The Hall–Kier alpha value is -3.76.